The molecule has 1 N–H and O–H groups in total. The molecule has 0 fully saturated rings. The summed E-state index contributed by atoms with van der Waals surface area (Å²) in [5.41, 5.74) is 2.49. The van der Waals surface area contributed by atoms with Gasteiger partial charge in [0.05, 0.1) is 11.3 Å². The maximum absolute atomic E-state index is 13.5. The molecule has 2 aromatic carbocycles. The molecule has 0 saturated carbocycles. The average Bonchev–Trinajstić information content (AvgIpc) is 3.38. The minimum absolute atomic E-state index is 0.000855. The van der Waals surface area contributed by atoms with Gasteiger partial charge in [0, 0.05) is 47.3 Å². The highest BCUT2D eigenvalue weighted by molar-refractivity contribution is 6.16. The highest BCUT2D eigenvalue weighted by atomic mass is 19.4. The lowest BCUT2D eigenvalue weighted by molar-refractivity contribution is -0.137. The molecular formula is C29H20F3N7O2. The van der Waals surface area contributed by atoms with Gasteiger partial charge in [0.1, 0.15) is 11.5 Å². The summed E-state index contributed by atoms with van der Waals surface area (Å²) in [5.74, 6) is 0.0619. The lowest BCUT2D eigenvalue weighted by Gasteiger charge is -2.12. The van der Waals surface area contributed by atoms with Crippen LogP contribution in [0.2, 0.25) is 0 Å². The minimum atomic E-state index is -4.63. The zero-order chi connectivity index (χ0) is 28.6. The van der Waals surface area contributed by atoms with Gasteiger partial charge in [0.2, 0.25) is 0 Å². The van der Waals surface area contributed by atoms with Gasteiger partial charge in [-0.2, -0.15) is 13.2 Å². The molecule has 1 aliphatic rings. The first kappa shape index (κ1) is 26.0. The summed E-state index contributed by atoms with van der Waals surface area (Å²) < 4.78 is 46.2. The number of aryl methyl sites for hydroxylation is 1. The number of halogens is 3. The third-order valence-corrected chi connectivity index (χ3v) is 6.44. The zero-order valence-corrected chi connectivity index (χ0v) is 21.4. The molecule has 3 aromatic heterocycles. The van der Waals surface area contributed by atoms with Crippen LogP contribution in [0, 0.1) is 6.92 Å². The van der Waals surface area contributed by atoms with Crippen molar-refractivity contribution >= 4 is 17.5 Å². The molecule has 4 heterocycles. The second-order valence-corrected chi connectivity index (χ2v) is 9.24. The van der Waals surface area contributed by atoms with Gasteiger partial charge < -0.3 is 9.73 Å². The number of carbonyl (C=O) groups excluding carboxylic acids is 1. The van der Waals surface area contributed by atoms with Crippen LogP contribution >= 0.6 is 0 Å². The van der Waals surface area contributed by atoms with Crippen LogP contribution in [0.1, 0.15) is 28.1 Å². The molecule has 0 aliphatic carbocycles. The van der Waals surface area contributed by atoms with Crippen molar-refractivity contribution in [3.63, 3.8) is 0 Å². The third-order valence-electron chi connectivity index (χ3n) is 6.44. The van der Waals surface area contributed by atoms with Gasteiger partial charge in [-0.1, -0.05) is 59.7 Å². The first-order chi connectivity index (χ1) is 19.8. The van der Waals surface area contributed by atoms with Crippen LogP contribution in [0.25, 0.3) is 22.7 Å². The van der Waals surface area contributed by atoms with Gasteiger partial charge in [-0.15, -0.1) is 5.10 Å². The quantitative estimate of drug-likeness (QED) is 0.310. The summed E-state index contributed by atoms with van der Waals surface area (Å²) in [7, 11) is 0. The summed E-state index contributed by atoms with van der Waals surface area (Å²) >= 11 is 0. The lowest BCUT2D eigenvalue weighted by Crippen LogP contribution is -2.29. The molecule has 41 heavy (non-hydrogen) atoms. The number of aliphatic imine (C=N–C) groups is 1. The standard InChI is InChI=1S/C29H20F3N7O2/c1-16-33-13-19(14-34-16)22-12-20(29(30,31)32)15-35-25(22)27-38-39-28(41-27)37-26-23(40)11-18-9-5-6-10-21(18)24(36-26)17-7-3-2-4-8-17/h2-10,12-15,26H,11H2,1H3,(H,37,39)/t26-/m1/s1. The molecule has 0 unspecified atom stereocenters. The van der Waals surface area contributed by atoms with E-state index in [-0.39, 0.29) is 40.9 Å². The molecule has 6 rings (SSSR count). The number of pyridine rings is 1. The highest BCUT2D eigenvalue weighted by Gasteiger charge is 2.33. The van der Waals surface area contributed by atoms with Gasteiger partial charge in [-0.05, 0) is 18.6 Å². The number of benzene rings is 2. The number of nitrogens with one attached hydrogen (secondary N) is 1. The van der Waals surface area contributed by atoms with E-state index in [0.29, 0.717) is 17.7 Å². The van der Waals surface area contributed by atoms with E-state index in [1.165, 1.54) is 12.4 Å². The Kier molecular flexibility index (Phi) is 6.58. The van der Waals surface area contributed by atoms with E-state index in [1.54, 1.807) is 6.92 Å². The van der Waals surface area contributed by atoms with E-state index in [2.05, 4.69) is 30.5 Å². The van der Waals surface area contributed by atoms with Crippen LogP contribution < -0.4 is 5.32 Å². The Morgan fingerprint density at radius 1 is 0.878 bits per heavy atom. The number of carbonyl (C=O) groups is 1. The van der Waals surface area contributed by atoms with E-state index in [9.17, 15) is 18.0 Å². The zero-order valence-electron chi connectivity index (χ0n) is 21.4. The summed E-state index contributed by atoms with van der Waals surface area (Å²) in [5, 5.41) is 10.9. The van der Waals surface area contributed by atoms with Crippen molar-refractivity contribution in [3.05, 3.63) is 107 Å². The third kappa shape index (κ3) is 5.31. The molecule has 1 atom stereocenters. The smallest absolute Gasteiger partial charge is 0.402 e. The fraction of sp³-hybridized carbons (Fsp3) is 0.138. The van der Waals surface area contributed by atoms with Gasteiger partial charge in [0.25, 0.3) is 5.89 Å². The minimum Gasteiger partial charge on any atom is -0.402 e. The summed E-state index contributed by atoms with van der Waals surface area (Å²) in [6.07, 6.45) is -2.10. The summed E-state index contributed by atoms with van der Waals surface area (Å²) in [6, 6.07) is 17.8. The van der Waals surface area contributed by atoms with E-state index in [1.807, 2.05) is 54.6 Å². The predicted molar refractivity (Wildman–Crippen MR) is 143 cm³/mol. The SMILES string of the molecule is Cc1ncc(-c2cc(C(F)(F)F)cnc2-c2nnc(N[C@H]3N=C(c4ccccc4)c4ccccc4CC3=O)o2)cn1. The molecule has 12 heteroatoms. The Morgan fingerprint density at radius 3 is 2.37 bits per heavy atom. The number of Topliss-reactive ketones (excluding diaryl/α,β-unsaturated/α-hetero) is 1. The van der Waals surface area contributed by atoms with Gasteiger partial charge in [0.15, 0.2) is 11.9 Å². The van der Waals surface area contributed by atoms with Crippen molar-refractivity contribution in [1.82, 2.24) is 25.1 Å². The fourth-order valence-corrected chi connectivity index (χ4v) is 4.44. The topological polar surface area (TPSA) is 119 Å². The van der Waals surface area contributed by atoms with Crippen molar-refractivity contribution < 1.29 is 22.4 Å². The Hall–Kier alpha value is -5.26. The van der Waals surface area contributed by atoms with Crippen molar-refractivity contribution in [2.75, 3.05) is 5.32 Å². The van der Waals surface area contributed by atoms with Crippen LogP contribution in [-0.2, 0) is 17.4 Å². The monoisotopic (exact) mass is 555 g/mol. The van der Waals surface area contributed by atoms with E-state index in [0.717, 1.165) is 22.8 Å². The van der Waals surface area contributed by atoms with Crippen molar-refractivity contribution in [2.45, 2.75) is 25.7 Å². The van der Waals surface area contributed by atoms with Gasteiger partial charge >= 0.3 is 12.2 Å². The Morgan fingerprint density at radius 2 is 1.61 bits per heavy atom. The largest absolute Gasteiger partial charge is 0.417 e. The molecule has 204 valence electrons. The van der Waals surface area contributed by atoms with Crippen LogP contribution in [0.5, 0.6) is 0 Å². The molecule has 1 aliphatic heterocycles. The second-order valence-electron chi connectivity index (χ2n) is 9.24. The number of fused-ring (bicyclic) bond motifs is 1. The van der Waals surface area contributed by atoms with E-state index < -0.39 is 17.9 Å². The molecule has 0 saturated heterocycles. The summed E-state index contributed by atoms with van der Waals surface area (Å²) in [4.78, 5) is 30.1. The van der Waals surface area contributed by atoms with E-state index >= 15 is 0 Å². The number of rotatable bonds is 5. The molecule has 0 bridgehead atoms. The lowest BCUT2D eigenvalue weighted by atomic mass is 9.96. The number of hydrogen-bond acceptors (Lipinski definition) is 9. The van der Waals surface area contributed by atoms with Gasteiger partial charge in [-0.25, -0.2) is 15.0 Å². The molecule has 9 nitrogen and oxygen atoms in total. The number of nitrogens with zero attached hydrogens (tertiary/aromatic N) is 6. The van der Waals surface area contributed by atoms with Crippen molar-refractivity contribution in [2.24, 2.45) is 4.99 Å². The van der Waals surface area contributed by atoms with Gasteiger partial charge in [-0.3, -0.25) is 9.79 Å². The van der Waals surface area contributed by atoms with Crippen LogP contribution in [-0.4, -0.2) is 42.8 Å². The Labute approximate surface area is 231 Å². The molecule has 0 radical (unpaired) electrons. The number of ketones is 1. The van der Waals surface area contributed by atoms with E-state index in [4.69, 9.17) is 9.41 Å². The Bertz CT molecular complexity index is 1770. The number of anilines is 1. The first-order valence-electron chi connectivity index (χ1n) is 12.5. The van der Waals surface area contributed by atoms with Crippen molar-refractivity contribution in [3.8, 4) is 22.7 Å². The maximum Gasteiger partial charge on any atom is 0.417 e. The predicted octanol–water partition coefficient (Wildman–Crippen LogP) is 5.32. The average molecular weight is 556 g/mol. The van der Waals surface area contributed by atoms with Crippen LogP contribution in [0.15, 0.2) is 88.7 Å². The summed E-state index contributed by atoms with van der Waals surface area (Å²) in [6.45, 7) is 1.66. The second kappa shape index (κ2) is 10.4. The normalized spacial score (nSPS) is 15.2. The Balaban J connectivity index is 1.37. The number of hydrogen-bond donors (Lipinski definition) is 1. The highest BCUT2D eigenvalue weighted by Crippen LogP contribution is 2.36. The molecule has 5 aromatic rings. The maximum atomic E-state index is 13.5. The fourth-order valence-electron chi connectivity index (χ4n) is 4.44. The number of aromatic nitrogens is 5. The molecular weight excluding hydrogens is 535 g/mol. The van der Waals surface area contributed by atoms with Crippen LogP contribution in [0.4, 0.5) is 19.2 Å². The molecule has 0 spiro atoms. The first-order valence-corrected chi connectivity index (χ1v) is 12.5. The van der Waals surface area contributed by atoms with Crippen molar-refractivity contribution in [1.29, 1.82) is 0 Å². The number of alkyl halides is 3. The van der Waals surface area contributed by atoms with Crippen LogP contribution in [0.3, 0.4) is 0 Å². The molecule has 0 amide bonds.